The van der Waals surface area contributed by atoms with Gasteiger partial charge in [0.2, 0.25) is 17.6 Å². The van der Waals surface area contributed by atoms with E-state index in [9.17, 15) is 69.9 Å². The summed E-state index contributed by atoms with van der Waals surface area (Å²) >= 11 is 0. The standard InChI is InChI=1S/C22H36N2O7.C17H25N5O11/c1-12(25)24-16-14(26)7-22(30,18(28)29)31-17(16)15(27)8-23-21-6-13-4-19(2,10-21)9-20(3,5-13)11-21;1-6(24)20-10-7(25)2-17(31,16(29)30)33-8(10)3-18-14(28)13-19-5-22(21-13)15-12(27)11(26)9(4-23)32-15/h13-17,23,26-27,30H,4-11H2,1-3H3,(H,24,25)(H,28,29);5,7-12,15,23,25-27,31H,2-4H2,1H3,(H,18,28)(H,20,24)(H,29,30). The predicted molar refractivity (Wildman–Crippen MR) is 211 cm³/mol. The van der Waals surface area contributed by atoms with Gasteiger partial charge in [-0.15, -0.1) is 5.10 Å². The van der Waals surface area contributed by atoms with Crippen LogP contribution in [0, 0.1) is 16.7 Å². The third-order valence-electron chi connectivity index (χ3n) is 13.3. The summed E-state index contributed by atoms with van der Waals surface area (Å²) in [4.78, 5) is 62.1. The number of carbonyl (C=O) groups is 5. The van der Waals surface area contributed by atoms with E-state index in [1.807, 2.05) is 0 Å². The second-order valence-electron chi connectivity index (χ2n) is 19.3. The van der Waals surface area contributed by atoms with Crippen LogP contribution in [0.2, 0.25) is 0 Å². The Bertz CT molecular complexity index is 1910. The smallest absolute Gasteiger partial charge is 0.364 e. The van der Waals surface area contributed by atoms with E-state index in [-0.39, 0.29) is 22.9 Å². The highest BCUT2D eigenvalue weighted by atomic mass is 16.7. The number of carboxylic acid groups (broad SMARTS) is 2. The SMILES string of the molecule is CC(=O)NC1C(O)CC(O)(C(=O)O)OC1C(O)CNC12CC3CC(C)(CC(C)(C3)C1)C2.CC(=O)NC1C(O)CC(O)(C(=O)O)OC1CNC(=O)c1ncn(C2OC(CO)C(O)C2O)n1. The van der Waals surface area contributed by atoms with Gasteiger partial charge >= 0.3 is 11.9 Å². The monoisotopic (exact) mass is 915 g/mol. The van der Waals surface area contributed by atoms with Crippen molar-refractivity contribution in [2.24, 2.45) is 16.7 Å². The van der Waals surface area contributed by atoms with E-state index < -0.39 is 140 Å². The number of amides is 3. The molecule has 25 nitrogen and oxygen atoms in total. The molecule has 4 saturated carbocycles. The number of aromatic nitrogens is 3. The molecule has 3 saturated heterocycles. The number of aliphatic hydroxyl groups is 8. The Morgan fingerprint density at radius 1 is 0.812 bits per heavy atom. The van der Waals surface area contributed by atoms with Gasteiger partial charge in [0.1, 0.15) is 36.8 Å². The lowest BCUT2D eigenvalue weighted by molar-refractivity contribution is -0.289. The lowest BCUT2D eigenvalue weighted by Gasteiger charge is -2.65. The average molecular weight is 916 g/mol. The molecule has 64 heavy (non-hydrogen) atoms. The van der Waals surface area contributed by atoms with Crippen molar-refractivity contribution in [1.82, 2.24) is 36.0 Å². The summed E-state index contributed by atoms with van der Waals surface area (Å²) in [5.74, 6) is -10.4. The fourth-order valence-corrected chi connectivity index (χ4v) is 11.6. The maximum Gasteiger partial charge on any atom is 0.364 e. The third kappa shape index (κ3) is 10.3. The molecule has 360 valence electrons. The van der Waals surface area contributed by atoms with Gasteiger partial charge in [-0.3, -0.25) is 14.4 Å². The zero-order valence-corrected chi connectivity index (χ0v) is 35.9. The molecule has 14 N–H and O–H groups in total. The maximum absolute atomic E-state index is 12.5. The summed E-state index contributed by atoms with van der Waals surface area (Å²) in [7, 11) is 0. The number of rotatable bonds is 13. The van der Waals surface area contributed by atoms with Crippen molar-refractivity contribution < 1.29 is 89.2 Å². The van der Waals surface area contributed by atoms with E-state index in [0.29, 0.717) is 5.92 Å². The molecule has 7 aliphatic rings. The Balaban J connectivity index is 0.000000213. The van der Waals surface area contributed by atoms with Gasteiger partial charge in [0.15, 0.2) is 6.23 Å². The molecule has 15 atom stereocenters. The number of hydrogen-bond acceptors (Lipinski definition) is 19. The van der Waals surface area contributed by atoms with Gasteiger partial charge in [-0.25, -0.2) is 19.3 Å². The molecule has 8 rings (SSSR count). The Kier molecular flexibility index (Phi) is 14.2. The fourth-order valence-electron chi connectivity index (χ4n) is 11.6. The highest BCUT2D eigenvalue weighted by Gasteiger charge is 2.61. The summed E-state index contributed by atoms with van der Waals surface area (Å²) in [6.07, 6.45) is -5.25. The molecule has 3 amide bonds. The van der Waals surface area contributed by atoms with E-state index in [2.05, 4.69) is 45.2 Å². The average Bonchev–Trinajstić information content (AvgIpc) is 3.77. The molecule has 7 fully saturated rings. The number of β-amino-alcohol motifs (C(OH)–C–C–N with tert-alkyl or cyclic N) is 1. The van der Waals surface area contributed by atoms with E-state index in [1.54, 1.807) is 0 Å². The van der Waals surface area contributed by atoms with Crippen LogP contribution < -0.4 is 21.3 Å². The molecule has 25 heteroatoms. The summed E-state index contributed by atoms with van der Waals surface area (Å²) in [6.45, 7) is 6.24. The number of carboxylic acids is 2. The highest BCUT2D eigenvalue weighted by molar-refractivity contribution is 5.90. The Hall–Kier alpha value is -3.99. The molecule has 4 bridgehead atoms. The van der Waals surface area contributed by atoms with Crippen LogP contribution in [0.1, 0.15) is 95.9 Å². The van der Waals surface area contributed by atoms with Gasteiger partial charge in [-0.05, 0) is 55.3 Å². The van der Waals surface area contributed by atoms with Crippen molar-refractivity contribution in [3.05, 3.63) is 12.2 Å². The van der Waals surface area contributed by atoms with Crippen LogP contribution >= 0.6 is 0 Å². The van der Waals surface area contributed by atoms with Gasteiger partial charge in [-0.2, -0.15) is 0 Å². The van der Waals surface area contributed by atoms with E-state index in [1.165, 1.54) is 26.2 Å². The number of ether oxygens (including phenoxy) is 3. The van der Waals surface area contributed by atoms with Gasteiger partial charge < -0.3 is 86.5 Å². The van der Waals surface area contributed by atoms with Gasteiger partial charge in [0.25, 0.3) is 17.5 Å². The number of nitrogens with zero attached hydrogens (tertiary/aromatic N) is 3. The van der Waals surface area contributed by atoms with Crippen LogP contribution in [0.5, 0.6) is 0 Å². The minimum Gasteiger partial charge on any atom is -0.477 e. The quantitative estimate of drug-likeness (QED) is 0.0882. The van der Waals surface area contributed by atoms with Crippen LogP contribution in [-0.2, 0) is 33.4 Å². The van der Waals surface area contributed by atoms with E-state index in [0.717, 1.165) is 37.2 Å². The van der Waals surface area contributed by atoms with Crippen LogP contribution in [0.25, 0.3) is 0 Å². The molecule has 0 radical (unpaired) electrons. The lowest BCUT2D eigenvalue weighted by Crippen LogP contribution is -2.68. The Morgan fingerprint density at radius 3 is 1.91 bits per heavy atom. The first-order chi connectivity index (χ1) is 29.7. The number of hydrogen-bond donors (Lipinski definition) is 14. The molecule has 3 aliphatic heterocycles. The number of carbonyl (C=O) groups excluding carboxylic acids is 3. The molecule has 1 aromatic rings. The molecule has 15 unspecified atom stereocenters. The summed E-state index contributed by atoms with van der Waals surface area (Å²) in [5, 5.41) is 114. The van der Waals surface area contributed by atoms with Crippen molar-refractivity contribution in [2.75, 3.05) is 19.7 Å². The van der Waals surface area contributed by atoms with Crippen LogP contribution in [0.15, 0.2) is 6.33 Å². The second-order valence-corrected chi connectivity index (χ2v) is 19.3. The summed E-state index contributed by atoms with van der Waals surface area (Å²) in [6, 6.07) is -2.16. The zero-order chi connectivity index (χ0) is 47.3. The zero-order valence-electron chi connectivity index (χ0n) is 35.9. The first-order valence-corrected chi connectivity index (χ1v) is 21.2. The predicted octanol–water partition coefficient (Wildman–Crippen LogP) is -4.84. The van der Waals surface area contributed by atoms with Crippen molar-refractivity contribution in [3.8, 4) is 0 Å². The number of aliphatic carboxylic acids is 2. The van der Waals surface area contributed by atoms with Crippen molar-refractivity contribution in [3.63, 3.8) is 0 Å². The van der Waals surface area contributed by atoms with Gasteiger partial charge in [-0.1, -0.05) is 13.8 Å². The second kappa shape index (κ2) is 18.4. The first-order valence-electron chi connectivity index (χ1n) is 21.2. The first kappa shape index (κ1) is 49.4. The Labute approximate surface area is 366 Å². The highest BCUT2D eigenvalue weighted by Crippen LogP contribution is 2.66. The van der Waals surface area contributed by atoms with Crippen LogP contribution in [-0.4, -0.2) is 193 Å². The van der Waals surface area contributed by atoms with Crippen LogP contribution in [0.4, 0.5) is 0 Å². The lowest BCUT2D eigenvalue weighted by atomic mass is 9.43. The molecular weight excluding hydrogens is 854 g/mol. The van der Waals surface area contributed by atoms with Crippen molar-refractivity contribution in [1.29, 1.82) is 0 Å². The molecule has 4 aliphatic carbocycles. The van der Waals surface area contributed by atoms with Gasteiger partial charge in [0, 0.05) is 45.3 Å². The molecule has 1 aromatic heterocycles. The molecule has 0 aromatic carbocycles. The minimum atomic E-state index is -2.73. The van der Waals surface area contributed by atoms with E-state index >= 15 is 0 Å². The normalized spacial score (nSPS) is 42.8. The summed E-state index contributed by atoms with van der Waals surface area (Å²) in [5.41, 5.74) is 0.474. The van der Waals surface area contributed by atoms with Crippen LogP contribution in [0.3, 0.4) is 0 Å². The van der Waals surface area contributed by atoms with Crippen molar-refractivity contribution >= 4 is 29.7 Å². The molecule has 4 heterocycles. The molecule has 0 spiro atoms. The number of nitrogens with one attached hydrogen (secondary N) is 4. The topological polar surface area (TPSA) is 394 Å². The Morgan fingerprint density at radius 2 is 1.38 bits per heavy atom. The van der Waals surface area contributed by atoms with Crippen molar-refractivity contribution in [2.45, 2.75) is 163 Å². The maximum atomic E-state index is 12.5. The minimum absolute atomic E-state index is 0.0935. The number of aliphatic hydroxyl groups excluding tert-OH is 6. The fraction of sp³-hybridized carbons (Fsp3) is 0.821. The third-order valence-corrected chi connectivity index (χ3v) is 13.3. The molecular formula is C39H61N7O18. The van der Waals surface area contributed by atoms with Gasteiger partial charge in [0.05, 0.1) is 37.0 Å². The largest absolute Gasteiger partial charge is 0.477 e. The van der Waals surface area contributed by atoms with E-state index in [4.69, 9.17) is 19.3 Å². The summed E-state index contributed by atoms with van der Waals surface area (Å²) < 4.78 is 16.8.